The van der Waals surface area contributed by atoms with Gasteiger partial charge in [0.1, 0.15) is 0 Å². The maximum Gasteiger partial charge on any atom is 0.0948 e. The molecule has 1 aliphatic heterocycles. The van der Waals surface area contributed by atoms with Gasteiger partial charge in [-0.2, -0.15) is 0 Å². The number of fused-ring (bicyclic) bond motifs is 2. The van der Waals surface area contributed by atoms with Crippen molar-refractivity contribution in [3.8, 4) is 33.5 Å². The molecule has 3 heterocycles. The van der Waals surface area contributed by atoms with E-state index in [1.807, 2.05) is 24.5 Å². The summed E-state index contributed by atoms with van der Waals surface area (Å²) in [6.07, 6.45) is 5.63. The maximum atomic E-state index is 5.03. The standard InChI is InChI=1S/C40H28N4/c1-3-12-31(13-4-1)39-40(34(25-27-42-39)30-23-21-29(22-24-30)32-14-11-26-41-28-32)44-37-19-9-7-17-35(37)43(33-15-5-2-6-16-33)36-18-8-10-20-38(36)44/h1-28H. The van der Waals surface area contributed by atoms with Gasteiger partial charge in [0.2, 0.25) is 0 Å². The van der Waals surface area contributed by atoms with E-state index in [1.165, 1.54) is 0 Å². The van der Waals surface area contributed by atoms with E-state index in [0.717, 1.165) is 67.6 Å². The summed E-state index contributed by atoms with van der Waals surface area (Å²) in [5, 5.41) is 0. The zero-order chi connectivity index (χ0) is 29.3. The summed E-state index contributed by atoms with van der Waals surface area (Å²) in [6, 6.07) is 53.3. The van der Waals surface area contributed by atoms with Crippen molar-refractivity contribution in [1.82, 2.24) is 9.97 Å². The Morgan fingerprint density at radius 1 is 0.386 bits per heavy atom. The lowest BCUT2D eigenvalue weighted by molar-refractivity contribution is 1.16. The number of nitrogens with zero attached hydrogens (tertiary/aromatic N) is 4. The van der Waals surface area contributed by atoms with Crippen molar-refractivity contribution in [2.24, 2.45) is 0 Å². The minimum Gasteiger partial charge on any atom is -0.306 e. The molecule has 0 radical (unpaired) electrons. The van der Waals surface area contributed by atoms with E-state index in [-0.39, 0.29) is 0 Å². The van der Waals surface area contributed by atoms with E-state index in [0.29, 0.717) is 0 Å². The van der Waals surface area contributed by atoms with Gasteiger partial charge in [-0.25, -0.2) is 0 Å². The van der Waals surface area contributed by atoms with E-state index in [9.17, 15) is 0 Å². The van der Waals surface area contributed by atoms with Gasteiger partial charge in [-0.15, -0.1) is 0 Å². The Morgan fingerprint density at radius 3 is 1.55 bits per heavy atom. The molecule has 7 aromatic rings. The summed E-state index contributed by atoms with van der Waals surface area (Å²) in [7, 11) is 0. The van der Waals surface area contributed by atoms with Crippen LogP contribution in [0.15, 0.2) is 170 Å². The summed E-state index contributed by atoms with van der Waals surface area (Å²) < 4.78 is 0. The summed E-state index contributed by atoms with van der Waals surface area (Å²) >= 11 is 0. The average Bonchev–Trinajstić information content (AvgIpc) is 3.11. The Hall–Kier alpha value is -6.00. The van der Waals surface area contributed by atoms with Gasteiger partial charge >= 0.3 is 0 Å². The van der Waals surface area contributed by atoms with Crippen LogP contribution < -0.4 is 9.80 Å². The molecular weight excluding hydrogens is 536 g/mol. The Bertz CT molecular complexity index is 2010. The van der Waals surface area contributed by atoms with Gasteiger partial charge < -0.3 is 9.80 Å². The molecule has 0 amide bonds. The van der Waals surface area contributed by atoms with Crippen molar-refractivity contribution in [3.05, 3.63) is 170 Å². The van der Waals surface area contributed by atoms with Crippen molar-refractivity contribution in [2.75, 3.05) is 9.80 Å². The fourth-order valence-electron chi connectivity index (χ4n) is 6.14. The Balaban J connectivity index is 1.39. The quantitative estimate of drug-likeness (QED) is 0.208. The highest BCUT2D eigenvalue weighted by Gasteiger charge is 2.33. The lowest BCUT2D eigenvalue weighted by atomic mass is 9.95. The summed E-state index contributed by atoms with van der Waals surface area (Å²) in [5.74, 6) is 0. The molecular formula is C40H28N4. The number of para-hydroxylation sites is 5. The van der Waals surface area contributed by atoms with E-state index in [4.69, 9.17) is 4.98 Å². The summed E-state index contributed by atoms with van der Waals surface area (Å²) in [5.41, 5.74) is 13.0. The van der Waals surface area contributed by atoms with Crippen molar-refractivity contribution < 1.29 is 0 Å². The van der Waals surface area contributed by atoms with Gasteiger partial charge in [-0.1, -0.05) is 103 Å². The average molecular weight is 565 g/mol. The Kier molecular flexibility index (Phi) is 6.43. The van der Waals surface area contributed by atoms with E-state index in [2.05, 4.69) is 154 Å². The Morgan fingerprint density at radius 2 is 0.932 bits per heavy atom. The second-order valence-electron chi connectivity index (χ2n) is 10.7. The predicted molar refractivity (Wildman–Crippen MR) is 181 cm³/mol. The van der Waals surface area contributed by atoms with Gasteiger partial charge in [0.15, 0.2) is 0 Å². The van der Waals surface area contributed by atoms with Crippen LogP contribution in [-0.4, -0.2) is 9.97 Å². The first-order valence-electron chi connectivity index (χ1n) is 14.8. The van der Waals surface area contributed by atoms with E-state index >= 15 is 0 Å². The molecule has 0 atom stereocenters. The molecule has 0 saturated heterocycles. The number of hydrogen-bond acceptors (Lipinski definition) is 4. The zero-order valence-corrected chi connectivity index (χ0v) is 24.0. The SMILES string of the molecule is c1ccc(-c2nccc(-c3ccc(-c4cccnc4)cc3)c2N2c3ccccc3N(c3ccccc3)c3ccccc32)cc1. The predicted octanol–water partition coefficient (Wildman–Crippen LogP) is 10.7. The molecule has 0 fully saturated rings. The highest BCUT2D eigenvalue weighted by molar-refractivity contribution is 6.06. The van der Waals surface area contributed by atoms with Crippen LogP contribution in [0.3, 0.4) is 0 Å². The van der Waals surface area contributed by atoms with Gasteiger partial charge in [0.25, 0.3) is 0 Å². The van der Waals surface area contributed by atoms with Crippen LogP contribution in [0, 0.1) is 0 Å². The highest BCUT2D eigenvalue weighted by atomic mass is 15.3. The van der Waals surface area contributed by atoms with Gasteiger partial charge in [0, 0.05) is 35.4 Å². The summed E-state index contributed by atoms with van der Waals surface area (Å²) in [4.78, 5) is 14.1. The third-order valence-corrected chi connectivity index (χ3v) is 8.13. The second kappa shape index (κ2) is 11.0. The van der Waals surface area contributed by atoms with Crippen LogP contribution >= 0.6 is 0 Å². The van der Waals surface area contributed by atoms with Crippen molar-refractivity contribution >= 4 is 34.1 Å². The lowest BCUT2D eigenvalue weighted by Crippen LogP contribution is -2.24. The van der Waals surface area contributed by atoms with Crippen molar-refractivity contribution in [2.45, 2.75) is 0 Å². The first-order valence-corrected chi connectivity index (χ1v) is 14.8. The Labute approximate surface area is 257 Å². The normalized spacial score (nSPS) is 12.0. The van der Waals surface area contributed by atoms with E-state index in [1.54, 1.807) is 6.20 Å². The molecule has 5 aromatic carbocycles. The van der Waals surface area contributed by atoms with Crippen LogP contribution in [0.4, 0.5) is 34.1 Å². The fraction of sp³-hybridized carbons (Fsp3) is 0. The van der Waals surface area contributed by atoms with Crippen molar-refractivity contribution in [1.29, 1.82) is 0 Å². The molecule has 2 aromatic heterocycles. The lowest BCUT2D eigenvalue weighted by Gasteiger charge is -2.41. The van der Waals surface area contributed by atoms with Gasteiger partial charge in [-0.3, -0.25) is 9.97 Å². The maximum absolute atomic E-state index is 5.03. The first-order chi connectivity index (χ1) is 21.9. The molecule has 0 N–H and O–H groups in total. The minimum atomic E-state index is 0.928. The molecule has 44 heavy (non-hydrogen) atoms. The second-order valence-corrected chi connectivity index (χ2v) is 10.7. The third-order valence-electron chi connectivity index (χ3n) is 8.13. The smallest absolute Gasteiger partial charge is 0.0948 e. The monoisotopic (exact) mass is 564 g/mol. The third kappa shape index (κ3) is 4.41. The topological polar surface area (TPSA) is 32.3 Å². The zero-order valence-electron chi connectivity index (χ0n) is 24.0. The number of aromatic nitrogens is 2. The molecule has 0 bridgehead atoms. The number of hydrogen-bond donors (Lipinski definition) is 0. The molecule has 0 saturated carbocycles. The molecule has 4 nitrogen and oxygen atoms in total. The van der Waals surface area contributed by atoms with Crippen LogP contribution in [-0.2, 0) is 0 Å². The van der Waals surface area contributed by atoms with Crippen LogP contribution in [0.1, 0.15) is 0 Å². The van der Waals surface area contributed by atoms with Crippen LogP contribution in [0.5, 0.6) is 0 Å². The fourth-order valence-corrected chi connectivity index (χ4v) is 6.14. The molecule has 1 aliphatic rings. The number of rotatable bonds is 5. The molecule has 0 unspecified atom stereocenters. The van der Waals surface area contributed by atoms with Gasteiger partial charge in [0.05, 0.1) is 34.1 Å². The largest absolute Gasteiger partial charge is 0.306 e. The van der Waals surface area contributed by atoms with Crippen molar-refractivity contribution in [3.63, 3.8) is 0 Å². The van der Waals surface area contributed by atoms with Crippen LogP contribution in [0.25, 0.3) is 33.5 Å². The van der Waals surface area contributed by atoms with E-state index < -0.39 is 0 Å². The molecule has 8 rings (SSSR count). The first kappa shape index (κ1) is 25.7. The van der Waals surface area contributed by atoms with Crippen LogP contribution in [0.2, 0.25) is 0 Å². The number of pyridine rings is 2. The molecule has 0 spiro atoms. The number of benzene rings is 5. The molecule has 4 heteroatoms. The van der Waals surface area contributed by atoms with Gasteiger partial charge in [-0.05, 0) is 65.2 Å². The highest BCUT2D eigenvalue weighted by Crippen LogP contribution is 2.56. The molecule has 0 aliphatic carbocycles. The summed E-state index contributed by atoms with van der Waals surface area (Å²) in [6.45, 7) is 0. The minimum absolute atomic E-state index is 0.928. The molecule has 208 valence electrons. The number of anilines is 6.